The van der Waals surface area contributed by atoms with Crippen molar-refractivity contribution in [3.05, 3.63) is 27.8 Å². The Labute approximate surface area is 105 Å². The molecule has 1 aromatic carbocycles. The van der Waals surface area contributed by atoms with Gasteiger partial charge in [-0.2, -0.15) is 0 Å². The van der Waals surface area contributed by atoms with E-state index in [1.54, 1.807) is 0 Å². The van der Waals surface area contributed by atoms with Crippen molar-refractivity contribution in [1.29, 1.82) is 0 Å². The predicted molar refractivity (Wildman–Crippen MR) is 72.7 cm³/mol. The van der Waals surface area contributed by atoms with Crippen LogP contribution in [0.15, 0.2) is 24.3 Å². The van der Waals surface area contributed by atoms with Gasteiger partial charge in [-0.05, 0) is 72.0 Å². The lowest BCUT2D eigenvalue weighted by Crippen LogP contribution is -2.49. The highest BCUT2D eigenvalue weighted by atomic mass is 127. The van der Waals surface area contributed by atoms with Gasteiger partial charge in [0.05, 0.1) is 5.66 Å². The van der Waals surface area contributed by atoms with Gasteiger partial charge in [-0.3, -0.25) is 0 Å². The fraction of sp³-hybridized carbons (Fsp3) is 0.500. The number of nitrogens with one attached hydrogen (secondary N) is 1. The summed E-state index contributed by atoms with van der Waals surface area (Å²) >= 11 is 2.31. The van der Waals surface area contributed by atoms with Crippen molar-refractivity contribution in [2.75, 3.05) is 5.32 Å². The molecule has 0 aliphatic heterocycles. The molecule has 2 unspecified atom stereocenters. The zero-order valence-corrected chi connectivity index (χ0v) is 11.1. The molecule has 0 heterocycles. The molecule has 0 saturated heterocycles. The molecule has 0 spiro atoms. The Kier molecular flexibility index (Phi) is 3.21. The van der Waals surface area contributed by atoms with Crippen LogP contribution in [-0.4, -0.2) is 5.66 Å². The van der Waals surface area contributed by atoms with Crippen LogP contribution in [0.2, 0.25) is 0 Å². The van der Waals surface area contributed by atoms with Crippen LogP contribution in [0.3, 0.4) is 0 Å². The number of hydrogen-bond donors (Lipinski definition) is 2. The molecule has 2 atom stereocenters. The van der Waals surface area contributed by atoms with Crippen molar-refractivity contribution in [2.45, 2.75) is 31.8 Å². The lowest BCUT2D eigenvalue weighted by Gasteiger charge is -2.31. The summed E-state index contributed by atoms with van der Waals surface area (Å²) in [4.78, 5) is 0. The van der Waals surface area contributed by atoms with E-state index in [1.807, 2.05) is 0 Å². The van der Waals surface area contributed by atoms with Gasteiger partial charge >= 0.3 is 0 Å². The first-order valence-electron chi connectivity index (χ1n) is 5.43. The molecule has 82 valence electrons. The third-order valence-corrected chi connectivity index (χ3v) is 4.05. The van der Waals surface area contributed by atoms with Gasteiger partial charge in [0.15, 0.2) is 0 Å². The maximum absolute atomic E-state index is 6.36. The number of anilines is 1. The first kappa shape index (κ1) is 11.2. The van der Waals surface area contributed by atoms with E-state index in [9.17, 15) is 0 Å². The van der Waals surface area contributed by atoms with Gasteiger partial charge in [-0.15, -0.1) is 0 Å². The molecular formula is C12H17IN2. The smallest absolute Gasteiger partial charge is 0.0882 e. The van der Waals surface area contributed by atoms with E-state index >= 15 is 0 Å². The molecule has 3 N–H and O–H groups in total. The second-order valence-corrected chi connectivity index (χ2v) is 5.71. The Hall–Kier alpha value is -0.290. The Morgan fingerprint density at radius 3 is 2.60 bits per heavy atom. The molecule has 1 fully saturated rings. The minimum absolute atomic E-state index is 0.202. The average Bonchev–Trinajstić information content (AvgIpc) is 2.51. The van der Waals surface area contributed by atoms with Gasteiger partial charge in [0, 0.05) is 9.26 Å². The number of benzene rings is 1. The standard InChI is InChI=1S/C12H17IN2/c1-9-3-2-8-12(9,14)15-11-6-4-10(13)5-7-11/h4-7,9,15H,2-3,8,14H2,1H3. The average molecular weight is 316 g/mol. The second kappa shape index (κ2) is 4.29. The monoisotopic (exact) mass is 316 g/mol. The van der Waals surface area contributed by atoms with Gasteiger partial charge in [0.1, 0.15) is 0 Å². The zero-order valence-electron chi connectivity index (χ0n) is 8.96. The van der Waals surface area contributed by atoms with E-state index in [0.717, 1.165) is 12.1 Å². The first-order chi connectivity index (χ1) is 7.10. The Balaban J connectivity index is 2.11. The van der Waals surface area contributed by atoms with Crippen molar-refractivity contribution in [3.8, 4) is 0 Å². The largest absolute Gasteiger partial charge is 0.367 e. The Morgan fingerprint density at radius 1 is 1.40 bits per heavy atom. The van der Waals surface area contributed by atoms with Crippen molar-refractivity contribution >= 4 is 28.3 Å². The van der Waals surface area contributed by atoms with Crippen molar-refractivity contribution < 1.29 is 0 Å². The van der Waals surface area contributed by atoms with Crippen LogP contribution in [0.1, 0.15) is 26.2 Å². The SMILES string of the molecule is CC1CCCC1(N)Nc1ccc(I)cc1. The van der Waals surface area contributed by atoms with E-state index in [0.29, 0.717) is 5.92 Å². The van der Waals surface area contributed by atoms with Gasteiger partial charge in [-0.25, -0.2) is 0 Å². The van der Waals surface area contributed by atoms with Crippen LogP contribution < -0.4 is 11.1 Å². The molecule has 3 heteroatoms. The zero-order chi connectivity index (χ0) is 10.9. The van der Waals surface area contributed by atoms with E-state index in [4.69, 9.17) is 5.73 Å². The molecule has 0 radical (unpaired) electrons. The van der Waals surface area contributed by atoms with Crippen molar-refractivity contribution in [3.63, 3.8) is 0 Å². The second-order valence-electron chi connectivity index (χ2n) is 4.47. The lowest BCUT2D eigenvalue weighted by atomic mass is 9.99. The van der Waals surface area contributed by atoms with Crippen LogP contribution >= 0.6 is 22.6 Å². The van der Waals surface area contributed by atoms with E-state index in [2.05, 4.69) is 59.1 Å². The van der Waals surface area contributed by atoms with Crippen LogP contribution in [0, 0.1) is 9.49 Å². The minimum Gasteiger partial charge on any atom is -0.367 e. The molecule has 1 saturated carbocycles. The van der Waals surface area contributed by atoms with E-state index in [-0.39, 0.29) is 5.66 Å². The number of hydrogen-bond acceptors (Lipinski definition) is 2. The number of rotatable bonds is 2. The molecule has 2 rings (SSSR count). The molecule has 15 heavy (non-hydrogen) atoms. The highest BCUT2D eigenvalue weighted by Crippen LogP contribution is 2.34. The minimum atomic E-state index is -0.202. The third kappa shape index (κ3) is 2.45. The molecule has 0 bridgehead atoms. The third-order valence-electron chi connectivity index (χ3n) is 3.33. The van der Waals surface area contributed by atoms with Gasteiger partial charge in [0.2, 0.25) is 0 Å². The van der Waals surface area contributed by atoms with Crippen LogP contribution in [0.4, 0.5) is 5.69 Å². The van der Waals surface area contributed by atoms with E-state index in [1.165, 1.54) is 16.4 Å². The summed E-state index contributed by atoms with van der Waals surface area (Å²) in [6.07, 6.45) is 3.53. The summed E-state index contributed by atoms with van der Waals surface area (Å²) in [6, 6.07) is 8.40. The highest BCUT2D eigenvalue weighted by Gasteiger charge is 2.36. The summed E-state index contributed by atoms with van der Waals surface area (Å²) < 4.78 is 1.25. The van der Waals surface area contributed by atoms with Gasteiger partial charge < -0.3 is 11.1 Å². The van der Waals surface area contributed by atoms with Gasteiger partial charge in [0.25, 0.3) is 0 Å². The first-order valence-corrected chi connectivity index (χ1v) is 6.51. The lowest BCUT2D eigenvalue weighted by molar-refractivity contribution is 0.386. The maximum Gasteiger partial charge on any atom is 0.0882 e. The maximum atomic E-state index is 6.36. The van der Waals surface area contributed by atoms with Crippen molar-refractivity contribution in [2.24, 2.45) is 11.7 Å². The van der Waals surface area contributed by atoms with E-state index < -0.39 is 0 Å². The molecule has 0 aromatic heterocycles. The Morgan fingerprint density at radius 2 is 2.07 bits per heavy atom. The molecule has 2 nitrogen and oxygen atoms in total. The topological polar surface area (TPSA) is 38.0 Å². The number of nitrogens with two attached hydrogens (primary N) is 1. The molecule has 1 aliphatic rings. The summed E-state index contributed by atoms with van der Waals surface area (Å²) in [5.74, 6) is 0.553. The van der Waals surface area contributed by atoms with Crippen LogP contribution in [0.25, 0.3) is 0 Å². The summed E-state index contributed by atoms with van der Waals surface area (Å²) in [5.41, 5.74) is 7.29. The quantitative estimate of drug-likeness (QED) is 0.650. The summed E-state index contributed by atoms with van der Waals surface area (Å²) in [6.45, 7) is 2.23. The normalized spacial score (nSPS) is 30.5. The van der Waals surface area contributed by atoms with Gasteiger partial charge in [-0.1, -0.05) is 6.92 Å². The highest BCUT2D eigenvalue weighted by molar-refractivity contribution is 14.1. The summed E-state index contributed by atoms with van der Waals surface area (Å²) in [5, 5.41) is 3.47. The Bertz CT molecular complexity index is 336. The molecular weight excluding hydrogens is 299 g/mol. The fourth-order valence-corrected chi connectivity index (χ4v) is 2.55. The molecule has 0 amide bonds. The molecule has 1 aliphatic carbocycles. The van der Waals surface area contributed by atoms with Crippen LogP contribution in [0.5, 0.6) is 0 Å². The van der Waals surface area contributed by atoms with Crippen molar-refractivity contribution in [1.82, 2.24) is 0 Å². The molecule has 1 aromatic rings. The number of halogens is 1. The summed E-state index contributed by atoms with van der Waals surface area (Å²) in [7, 11) is 0. The fourth-order valence-electron chi connectivity index (χ4n) is 2.19. The van der Waals surface area contributed by atoms with Crippen LogP contribution in [-0.2, 0) is 0 Å². The predicted octanol–water partition coefficient (Wildman–Crippen LogP) is 3.18.